The molecule has 0 aliphatic carbocycles. The third kappa shape index (κ3) is 2.66. The van der Waals surface area contributed by atoms with Crippen molar-refractivity contribution in [3.8, 4) is 0 Å². The largest absolute Gasteiger partial charge is 0.258 e. The molecule has 84 valence electrons. The molecule has 1 aromatic rings. The predicted octanol–water partition coefficient (Wildman–Crippen LogP) is 4.45. The molecule has 0 saturated carbocycles. The second-order valence-corrected chi connectivity index (χ2v) is 3.60. The summed E-state index contributed by atoms with van der Waals surface area (Å²) in [5, 5.41) is 0. The van der Waals surface area contributed by atoms with Crippen LogP contribution in [0.4, 0.5) is 10.1 Å². The second kappa shape index (κ2) is 5.40. The van der Waals surface area contributed by atoms with Gasteiger partial charge in [-0.2, -0.15) is 0 Å². The number of aliphatic imine (C=N–C) groups is 1. The highest BCUT2D eigenvalue weighted by Gasteiger charge is 2.07. The lowest BCUT2D eigenvalue weighted by Gasteiger charge is -2.07. The molecule has 0 fully saturated rings. The van der Waals surface area contributed by atoms with Crippen LogP contribution in [-0.2, 0) is 0 Å². The summed E-state index contributed by atoms with van der Waals surface area (Å²) in [4.78, 5) is 4.01. The first kappa shape index (κ1) is 12.4. The van der Waals surface area contributed by atoms with E-state index in [0.29, 0.717) is 5.69 Å². The maximum Gasteiger partial charge on any atom is 0.149 e. The van der Waals surface area contributed by atoms with E-state index in [1.165, 1.54) is 6.07 Å². The zero-order valence-electron chi connectivity index (χ0n) is 9.92. The van der Waals surface area contributed by atoms with Gasteiger partial charge in [0.15, 0.2) is 0 Å². The van der Waals surface area contributed by atoms with Crippen molar-refractivity contribution < 1.29 is 4.39 Å². The highest BCUT2D eigenvalue weighted by molar-refractivity contribution is 5.70. The molecule has 1 nitrogen and oxygen atoms in total. The van der Waals surface area contributed by atoms with Crippen LogP contribution in [0.2, 0.25) is 0 Å². The van der Waals surface area contributed by atoms with Crippen LogP contribution in [0.3, 0.4) is 0 Å². The molecule has 1 aromatic carbocycles. The Hall–Kier alpha value is -1.70. The minimum Gasteiger partial charge on any atom is -0.258 e. The van der Waals surface area contributed by atoms with Gasteiger partial charge < -0.3 is 0 Å². The van der Waals surface area contributed by atoms with Crippen molar-refractivity contribution in [1.82, 2.24) is 0 Å². The first-order valence-electron chi connectivity index (χ1n) is 5.18. The maximum absolute atomic E-state index is 13.7. The Morgan fingerprint density at radius 1 is 1.44 bits per heavy atom. The molecule has 0 atom stereocenters. The minimum atomic E-state index is -0.287. The summed E-state index contributed by atoms with van der Waals surface area (Å²) < 4.78 is 13.7. The van der Waals surface area contributed by atoms with E-state index in [0.717, 1.165) is 16.7 Å². The van der Waals surface area contributed by atoms with Gasteiger partial charge in [-0.1, -0.05) is 18.7 Å². The fourth-order valence-corrected chi connectivity index (χ4v) is 1.53. The fourth-order valence-electron chi connectivity index (χ4n) is 1.53. The number of hydrogen-bond acceptors (Lipinski definition) is 1. The number of hydrogen-bond donors (Lipinski definition) is 0. The van der Waals surface area contributed by atoms with Crippen molar-refractivity contribution >= 4 is 17.5 Å². The molecule has 0 aliphatic rings. The van der Waals surface area contributed by atoms with Crippen molar-refractivity contribution in [3.05, 3.63) is 47.8 Å². The molecule has 0 aliphatic heterocycles. The highest BCUT2D eigenvalue weighted by Crippen LogP contribution is 2.27. The standard InChI is InChI=1S/C14H16FN/c1-5-7-10(3)12-8-11(4)14(16-6-2)13(15)9-12/h5-9H,1H2,2-4H3/b10-7+,16-6?. The molecule has 0 N–H and O–H groups in total. The van der Waals surface area contributed by atoms with Gasteiger partial charge in [0.2, 0.25) is 0 Å². The first-order valence-corrected chi connectivity index (χ1v) is 5.18. The Kier molecular flexibility index (Phi) is 4.18. The van der Waals surface area contributed by atoms with Crippen LogP contribution in [0.5, 0.6) is 0 Å². The van der Waals surface area contributed by atoms with Gasteiger partial charge in [-0.05, 0) is 49.6 Å². The Labute approximate surface area is 96.0 Å². The van der Waals surface area contributed by atoms with Crippen LogP contribution in [0.15, 0.2) is 35.9 Å². The number of rotatable bonds is 3. The van der Waals surface area contributed by atoms with E-state index in [4.69, 9.17) is 0 Å². The average molecular weight is 217 g/mol. The van der Waals surface area contributed by atoms with Gasteiger partial charge in [0.05, 0.1) is 0 Å². The van der Waals surface area contributed by atoms with Gasteiger partial charge in [0.25, 0.3) is 0 Å². The molecule has 0 saturated heterocycles. The normalized spacial score (nSPS) is 12.1. The van der Waals surface area contributed by atoms with Crippen molar-refractivity contribution in [2.24, 2.45) is 4.99 Å². The SMILES string of the molecule is C=C/C=C(\C)c1cc(C)c(N=CC)c(F)c1. The minimum absolute atomic E-state index is 0.287. The van der Waals surface area contributed by atoms with E-state index in [1.54, 1.807) is 19.2 Å². The maximum atomic E-state index is 13.7. The van der Waals surface area contributed by atoms with E-state index < -0.39 is 0 Å². The van der Waals surface area contributed by atoms with Gasteiger partial charge in [-0.3, -0.25) is 4.99 Å². The van der Waals surface area contributed by atoms with Crippen LogP contribution in [0.1, 0.15) is 25.0 Å². The van der Waals surface area contributed by atoms with Gasteiger partial charge in [-0.15, -0.1) is 0 Å². The topological polar surface area (TPSA) is 12.4 Å². The summed E-state index contributed by atoms with van der Waals surface area (Å²) in [5.41, 5.74) is 3.11. The summed E-state index contributed by atoms with van der Waals surface area (Å²) in [6, 6.07) is 3.44. The van der Waals surface area contributed by atoms with E-state index in [-0.39, 0.29) is 5.82 Å². The molecule has 2 heteroatoms. The molecule has 0 amide bonds. The van der Waals surface area contributed by atoms with Crippen LogP contribution in [0.25, 0.3) is 5.57 Å². The van der Waals surface area contributed by atoms with Crippen LogP contribution in [0, 0.1) is 12.7 Å². The van der Waals surface area contributed by atoms with Crippen molar-refractivity contribution in [2.45, 2.75) is 20.8 Å². The molecular formula is C14H16FN. The zero-order valence-corrected chi connectivity index (χ0v) is 9.92. The lowest BCUT2D eigenvalue weighted by atomic mass is 10.0. The summed E-state index contributed by atoms with van der Waals surface area (Å²) in [6.45, 7) is 9.18. The summed E-state index contributed by atoms with van der Waals surface area (Å²) >= 11 is 0. The predicted molar refractivity (Wildman–Crippen MR) is 68.8 cm³/mol. The molecule has 0 heterocycles. The third-order valence-electron chi connectivity index (χ3n) is 2.34. The Morgan fingerprint density at radius 3 is 2.62 bits per heavy atom. The average Bonchev–Trinajstić information content (AvgIpc) is 2.23. The van der Waals surface area contributed by atoms with Crippen molar-refractivity contribution in [2.75, 3.05) is 0 Å². The quantitative estimate of drug-likeness (QED) is 0.524. The first-order chi connectivity index (χ1) is 7.60. The van der Waals surface area contributed by atoms with Gasteiger partial charge in [0, 0.05) is 6.21 Å². The molecule has 0 spiro atoms. The van der Waals surface area contributed by atoms with E-state index in [1.807, 2.05) is 26.0 Å². The molecule has 0 radical (unpaired) electrons. The van der Waals surface area contributed by atoms with E-state index >= 15 is 0 Å². The van der Waals surface area contributed by atoms with Gasteiger partial charge in [0.1, 0.15) is 11.5 Å². The lowest BCUT2D eigenvalue weighted by molar-refractivity contribution is 0.628. The smallest absolute Gasteiger partial charge is 0.149 e. The third-order valence-corrected chi connectivity index (χ3v) is 2.34. The number of nitrogens with zero attached hydrogens (tertiary/aromatic N) is 1. The Morgan fingerprint density at radius 2 is 2.12 bits per heavy atom. The van der Waals surface area contributed by atoms with Crippen molar-refractivity contribution in [1.29, 1.82) is 0 Å². The monoisotopic (exact) mass is 217 g/mol. The van der Waals surface area contributed by atoms with E-state index in [2.05, 4.69) is 11.6 Å². The molecule has 0 unspecified atom stereocenters. The lowest BCUT2D eigenvalue weighted by Crippen LogP contribution is -1.87. The Bertz CT molecular complexity index is 433. The summed E-state index contributed by atoms with van der Waals surface area (Å²) in [5.74, 6) is -0.287. The van der Waals surface area contributed by atoms with Crippen molar-refractivity contribution in [3.63, 3.8) is 0 Å². The summed E-state index contributed by atoms with van der Waals surface area (Å²) in [7, 11) is 0. The number of benzene rings is 1. The van der Waals surface area contributed by atoms with Crippen LogP contribution < -0.4 is 0 Å². The molecule has 0 aromatic heterocycles. The molecule has 16 heavy (non-hydrogen) atoms. The molecule has 0 bridgehead atoms. The van der Waals surface area contributed by atoms with Crippen LogP contribution in [-0.4, -0.2) is 6.21 Å². The second-order valence-electron chi connectivity index (χ2n) is 3.60. The zero-order chi connectivity index (χ0) is 12.1. The number of allylic oxidation sites excluding steroid dienone is 3. The summed E-state index contributed by atoms with van der Waals surface area (Å²) in [6.07, 6.45) is 5.15. The Balaban J connectivity index is 3.29. The fraction of sp³-hybridized carbons (Fsp3) is 0.214. The van der Waals surface area contributed by atoms with Gasteiger partial charge >= 0.3 is 0 Å². The highest BCUT2D eigenvalue weighted by atomic mass is 19.1. The molecular weight excluding hydrogens is 201 g/mol. The van der Waals surface area contributed by atoms with E-state index in [9.17, 15) is 4.39 Å². The van der Waals surface area contributed by atoms with Gasteiger partial charge in [-0.25, -0.2) is 4.39 Å². The molecule has 1 rings (SSSR count). The number of aryl methyl sites for hydroxylation is 1. The van der Waals surface area contributed by atoms with Crippen LogP contribution >= 0.6 is 0 Å². The number of halogens is 1.